The first-order valence-electron chi connectivity index (χ1n) is 12.7. The molecular formula is C30H33FN4O. The maximum atomic E-state index is 15.1. The van der Waals surface area contributed by atoms with E-state index in [1.54, 1.807) is 11.0 Å². The first-order chi connectivity index (χ1) is 17.5. The van der Waals surface area contributed by atoms with Gasteiger partial charge in [-0.25, -0.2) is 4.39 Å². The summed E-state index contributed by atoms with van der Waals surface area (Å²) in [6.07, 6.45) is 1.73. The molecule has 3 aromatic carbocycles. The Morgan fingerprint density at radius 3 is 2.28 bits per heavy atom. The van der Waals surface area contributed by atoms with Crippen LogP contribution in [0.25, 0.3) is 0 Å². The zero-order valence-corrected chi connectivity index (χ0v) is 21.0. The van der Waals surface area contributed by atoms with Crippen molar-refractivity contribution in [2.45, 2.75) is 39.3 Å². The van der Waals surface area contributed by atoms with Crippen LogP contribution in [0.4, 0.5) is 15.8 Å². The number of piperidine rings is 1. The fourth-order valence-electron chi connectivity index (χ4n) is 4.95. The third-order valence-electron chi connectivity index (χ3n) is 6.95. The van der Waals surface area contributed by atoms with Crippen LogP contribution >= 0.6 is 0 Å². The second kappa shape index (κ2) is 11.8. The summed E-state index contributed by atoms with van der Waals surface area (Å²) in [5.41, 5.74) is 3.55. The van der Waals surface area contributed by atoms with Crippen LogP contribution < -0.4 is 4.90 Å². The van der Waals surface area contributed by atoms with E-state index in [1.807, 2.05) is 49.1 Å². The molecule has 0 spiro atoms. The Hall–Kier alpha value is -3.69. The largest absolute Gasteiger partial charge is 0.339 e. The van der Waals surface area contributed by atoms with Crippen molar-refractivity contribution in [3.8, 4) is 6.07 Å². The molecule has 0 aliphatic carbocycles. The fraction of sp³-hybridized carbons (Fsp3) is 0.333. The average Bonchev–Trinajstić information content (AvgIpc) is 2.92. The molecule has 0 aromatic heterocycles. The van der Waals surface area contributed by atoms with Gasteiger partial charge in [0.25, 0.3) is 5.91 Å². The van der Waals surface area contributed by atoms with Crippen LogP contribution in [0.2, 0.25) is 0 Å². The third-order valence-corrected chi connectivity index (χ3v) is 6.95. The van der Waals surface area contributed by atoms with Crippen molar-refractivity contribution < 1.29 is 9.18 Å². The van der Waals surface area contributed by atoms with Gasteiger partial charge in [0.2, 0.25) is 0 Å². The molecule has 6 heteroatoms. The van der Waals surface area contributed by atoms with Crippen LogP contribution in [0, 0.1) is 17.1 Å². The fourth-order valence-corrected chi connectivity index (χ4v) is 4.95. The molecule has 0 radical (unpaired) electrons. The number of halogens is 1. The van der Waals surface area contributed by atoms with E-state index in [1.165, 1.54) is 17.7 Å². The van der Waals surface area contributed by atoms with E-state index >= 15 is 4.39 Å². The lowest BCUT2D eigenvalue weighted by Gasteiger charge is -2.40. The summed E-state index contributed by atoms with van der Waals surface area (Å²) in [5.74, 6) is -0.367. The highest BCUT2D eigenvalue weighted by Gasteiger charge is 2.28. The molecule has 1 amide bonds. The summed E-state index contributed by atoms with van der Waals surface area (Å²) in [7, 11) is 0. The average molecular weight is 485 g/mol. The topological polar surface area (TPSA) is 50.6 Å². The highest BCUT2D eigenvalue weighted by atomic mass is 19.1. The number of hydrogen-bond donors (Lipinski definition) is 0. The monoisotopic (exact) mass is 484 g/mol. The Balaban J connectivity index is 1.60. The molecule has 1 heterocycles. The van der Waals surface area contributed by atoms with Gasteiger partial charge in [0, 0.05) is 50.0 Å². The van der Waals surface area contributed by atoms with Gasteiger partial charge in [0.15, 0.2) is 0 Å². The van der Waals surface area contributed by atoms with Crippen molar-refractivity contribution in [1.82, 2.24) is 9.80 Å². The van der Waals surface area contributed by atoms with E-state index in [4.69, 9.17) is 0 Å². The number of hydrogen-bond acceptors (Lipinski definition) is 4. The van der Waals surface area contributed by atoms with E-state index in [9.17, 15) is 10.1 Å². The van der Waals surface area contributed by atoms with E-state index in [-0.39, 0.29) is 17.8 Å². The Kier molecular flexibility index (Phi) is 8.35. The minimum atomic E-state index is -0.357. The summed E-state index contributed by atoms with van der Waals surface area (Å²) in [4.78, 5) is 19.0. The summed E-state index contributed by atoms with van der Waals surface area (Å²) in [6.45, 7) is 7.92. The zero-order valence-electron chi connectivity index (χ0n) is 21.0. The SMILES string of the molecule is CCN(CC)C(=O)c1ccc(N(c2cc(C#N)ccc2F)C2CCN(Cc3ccccc3)CC2)cc1. The summed E-state index contributed by atoms with van der Waals surface area (Å²) >= 11 is 0. The predicted molar refractivity (Wildman–Crippen MR) is 142 cm³/mol. The first kappa shape index (κ1) is 25.4. The molecule has 0 bridgehead atoms. The molecule has 4 rings (SSSR count). The van der Waals surface area contributed by atoms with Gasteiger partial charge in [-0.2, -0.15) is 5.26 Å². The summed E-state index contributed by atoms with van der Waals surface area (Å²) < 4.78 is 15.1. The lowest BCUT2D eigenvalue weighted by molar-refractivity contribution is 0.0773. The van der Waals surface area contributed by atoms with E-state index in [2.05, 4.69) is 35.2 Å². The summed E-state index contributed by atoms with van der Waals surface area (Å²) in [5, 5.41) is 9.45. The number of anilines is 2. The summed E-state index contributed by atoms with van der Waals surface area (Å²) in [6, 6.07) is 24.6. The van der Waals surface area contributed by atoms with Gasteiger partial charge < -0.3 is 9.80 Å². The predicted octanol–water partition coefficient (Wildman–Crippen LogP) is 5.98. The van der Waals surface area contributed by atoms with Crippen molar-refractivity contribution in [3.05, 3.63) is 95.3 Å². The Morgan fingerprint density at radius 1 is 1.00 bits per heavy atom. The van der Waals surface area contributed by atoms with Crippen LogP contribution in [-0.2, 0) is 6.54 Å². The molecule has 186 valence electrons. The Labute approximate surface area is 213 Å². The molecule has 5 nitrogen and oxygen atoms in total. The molecule has 36 heavy (non-hydrogen) atoms. The third kappa shape index (κ3) is 5.75. The van der Waals surface area contributed by atoms with Gasteiger partial charge in [-0.3, -0.25) is 9.69 Å². The number of nitrogens with zero attached hydrogens (tertiary/aromatic N) is 4. The lowest BCUT2D eigenvalue weighted by atomic mass is 9.99. The molecule has 0 N–H and O–H groups in total. The molecule has 1 aliphatic rings. The minimum Gasteiger partial charge on any atom is -0.339 e. The van der Waals surface area contributed by atoms with Crippen LogP contribution in [0.15, 0.2) is 72.8 Å². The number of nitriles is 1. The van der Waals surface area contributed by atoms with Crippen molar-refractivity contribution in [2.24, 2.45) is 0 Å². The highest BCUT2D eigenvalue weighted by Crippen LogP contribution is 2.35. The van der Waals surface area contributed by atoms with E-state index in [0.29, 0.717) is 29.9 Å². The number of likely N-dealkylation sites (tertiary alicyclic amines) is 1. The van der Waals surface area contributed by atoms with Crippen LogP contribution in [0.1, 0.15) is 48.2 Å². The van der Waals surface area contributed by atoms with Crippen LogP contribution in [0.3, 0.4) is 0 Å². The first-order valence-corrected chi connectivity index (χ1v) is 12.7. The second-order valence-corrected chi connectivity index (χ2v) is 9.17. The molecule has 1 saturated heterocycles. The van der Waals surface area contributed by atoms with Crippen LogP contribution in [-0.4, -0.2) is 47.9 Å². The number of rotatable bonds is 8. The van der Waals surface area contributed by atoms with Crippen molar-refractivity contribution in [3.63, 3.8) is 0 Å². The lowest BCUT2D eigenvalue weighted by Crippen LogP contribution is -2.43. The highest BCUT2D eigenvalue weighted by molar-refractivity contribution is 5.94. The van der Waals surface area contributed by atoms with Crippen molar-refractivity contribution in [2.75, 3.05) is 31.1 Å². The van der Waals surface area contributed by atoms with Gasteiger partial charge in [-0.1, -0.05) is 30.3 Å². The van der Waals surface area contributed by atoms with Gasteiger partial charge >= 0.3 is 0 Å². The molecule has 3 aromatic rings. The van der Waals surface area contributed by atoms with Gasteiger partial charge in [-0.15, -0.1) is 0 Å². The molecule has 0 saturated carbocycles. The Bertz CT molecular complexity index is 1190. The van der Waals surface area contributed by atoms with Crippen molar-refractivity contribution >= 4 is 17.3 Å². The van der Waals surface area contributed by atoms with Gasteiger partial charge in [0.1, 0.15) is 5.82 Å². The van der Waals surface area contributed by atoms with Crippen LogP contribution in [0.5, 0.6) is 0 Å². The van der Waals surface area contributed by atoms with E-state index < -0.39 is 0 Å². The molecular weight excluding hydrogens is 451 g/mol. The normalized spacial score (nSPS) is 14.3. The number of amides is 1. The van der Waals surface area contributed by atoms with E-state index in [0.717, 1.165) is 38.2 Å². The smallest absolute Gasteiger partial charge is 0.253 e. The second-order valence-electron chi connectivity index (χ2n) is 9.17. The number of carbonyl (C=O) groups excluding carboxylic acids is 1. The number of benzene rings is 3. The number of carbonyl (C=O) groups is 1. The molecule has 1 aliphatic heterocycles. The minimum absolute atomic E-state index is 0.00928. The quantitative estimate of drug-likeness (QED) is 0.395. The Morgan fingerprint density at radius 2 is 1.67 bits per heavy atom. The van der Waals surface area contributed by atoms with Gasteiger partial charge in [0.05, 0.1) is 17.3 Å². The zero-order chi connectivity index (χ0) is 25.5. The molecule has 0 atom stereocenters. The molecule has 0 unspecified atom stereocenters. The maximum absolute atomic E-state index is 15.1. The molecule has 1 fully saturated rings. The maximum Gasteiger partial charge on any atom is 0.253 e. The standard InChI is InChI=1S/C30H33FN4O/c1-3-34(4-2)30(36)25-11-13-26(14-12-25)35(29-20-24(21-32)10-15-28(29)31)27-16-18-33(19-17-27)22-23-8-6-5-7-9-23/h5-15,20,27H,3-4,16-19,22H2,1-2H3. The van der Waals surface area contributed by atoms with Crippen molar-refractivity contribution in [1.29, 1.82) is 5.26 Å². The van der Waals surface area contributed by atoms with Gasteiger partial charge in [-0.05, 0) is 74.7 Å².